The lowest BCUT2D eigenvalue weighted by molar-refractivity contribution is 0.294. The van der Waals surface area contributed by atoms with E-state index in [2.05, 4.69) is 22.4 Å². The van der Waals surface area contributed by atoms with Crippen molar-refractivity contribution in [2.75, 3.05) is 12.8 Å². The Bertz CT molecular complexity index is 483. The molecule has 2 atom stereocenters. The van der Waals surface area contributed by atoms with Crippen LogP contribution in [0.4, 0.5) is 0 Å². The summed E-state index contributed by atoms with van der Waals surface area (Å²) in [7, 11) is -3.10. The molecule has 1 aromatic rings. The predicted octanol–water partition coefficient (Wildman–Crippen LogP) is 0.470. The molecule has 1 aliphatic rings. The van der Waals surface area contributed by atoms with Gasteiger partial charge in [-0.2, -0.15) is 4.98 Å². The van der Waals surface area contributed by atoms with Crippen LogP contribution in [0.3, 0.4) is 0 Å². The van der Waals surface area contributed by atoms with Crippen LogP contribution in [0.1, 0.15) is 37.4 Å². The number of nitrogens with zero attached hydrogens (tertiary/aromatic N) is 2. The molecule has 6 nitrogen and oxygen atoms in total. The fourth-order valence-electron chi connectivity index (χ4n) is 2.08. The van der Waals surface area contributed by atoms with Gasteiger partial charge in [-0.15, -0.1) is 0 Å². The van der Waals surface area contributed by atoms with Crippen molar-refractivity contribution >= 4 is 9.84 Å². The van der Waals surface area contributed by atoms with E-state index in [4.69, 9.17) is 4.52 Å². The Morgan fingerprint density at radius 3 is 2.94 bits per heavy atom. The van der Waals surface area contributed by atoms with Gasteiger partial charge < -0.3 is 9.84 Å². The molecule has 0 amide bonds. The van der Waals surface area contributed by atoms with Crippen molar-refractivity contribution in [1.82, 2.24) is 15.5 Å². The van der Waals surface area contributed by atoms with Crippen molar-refractivity contribution in [3.63, 3.8) is 0 Å². The van der Waals surface area contributed by atoms with Crippen LogP contribution in [0, 0.1) is 0 Å². The molecule has 7 heteroatoms. The van der Waals surface area contributed by atoms with E-state index >= 15 is 0 Å². The van der Waals surface area contributed by atoms with Crippen molar-refractivity contribution in [1.29, 1.82) is 0 Å². The summed E-state index contributed by atoms with van der Waals surface area (Å²) >= 11 is 0. The summed E-state index contributed by atoms with van der Waals surface area (Å²) in [5.41, 5.74) is 0. The van der Waals surface area contributed by atoms with Crippen molar-refractivity contribution in [2.24, 2.45) is 0 Å². The van der Waals surface area contributed by atoms with Crippen molar-refractivity contribution in [3.8, 4) is 0 Å². The second-order valence-corrected chi connectivity index (χ2v) is 6.84. The van der Waals surface area contributed by atoms with Crippen LogP contribution in [0.5, 0.6) is 0 Å². The molecule has 0 bridgehead atoms. The highest BCUT2D eigenvalue weighted by Gasteiger charge is 2.25. The highest BCUT2D eigenvalue weighted by Crippen LogP contribution is 2.26. The molecule has 2 heterocycles. The summed E-state index contributed by atoms with van der Waals surface area (Å²) in [4.78, 5) is 4.17. The van der Waals surface area contributed by atoms with Gasteiger partial charge in [0.25, 0.3) is 0 Å². The van der Waals surface area contributed by atoms with E-state index in [1.54, 1.807) is 0 Å². The Labute approximate surface area is 101 Å². The topological polar surface area (TPSA) is 85.1 Å². The third-order valence-corrected chi connectivity index (χ3v) is 3.63. The monoisotopic (exact) mass is 259 g/mol. The molecular formula is C10H17N3O3S. The second-order valence-electron chi connectivity index (χ2n) is 4.70. The summed E-state index contributed by atoms with van der Waals surface area (Å²) in [5.74, 6) is 0.912. The maximum Gasteiger partial charge on any atom is 0.229 e. The van der Waals surface area contributed by atoms with Gasteiger partial charge in [-0.25, -0.2) is 8.42 Å². The molecule has 0 aliphatic carbocycles. The van der Waals surface area contributed by atoms with Crippen LogP contribution in [-0.2, 0) is 15.6 Å². The molecule has 2 unspecified atom stereocenters. The normalized spacial score (nSPS) is 26.0. The average molecular weight is 259 g/mol. The highest BCUT2D eigenvalue weighted by atomic mass is 32.2. The van der Waals surface area contributed by atoms with Crippen LogP contribution in [0.25, 0.3) is 0 Å². The first-order valence-corrected chi connectivity index (χ1v) is 7.73. The smallest absolute Gasteiger partial charge is 0.229 e. The minimum Gasteiger partial charge on any atom is -0.339 e. The van der Waals surface area contributed by atoms with E-state index in [0.29, 0.717) is 11.9 Å². The van der Waals surface area contributed by atoms with Gasteiger partial charge in [-0.3, -0.25) is 0 Å². The zero-order valence-electron chi connectivity index (χ0n) is 10.0. The average Bonchev–Trinajstić information content (AvgIpc) is 2.63. The van der Waals surface area contributed by atoms with Gasteiger partial charge in [-0.1, -0.05) is 5.16 Å². The first-order valence-electron chi connectivity index (χ1n) is 5.67. The number of rotatable bonds is 3. The van der Waals surface area contributed by atoms with Crippen LogP contribution in [-0.4, -0.2) is 37.4 Å². The summed E-state index contributed by atoms with van der Waals surface area (Å²) in [6.07, 6.45) is 3.06. The standard InChI is InChI=1S/C10H17N3O3S/c1-7-5-8(3-4-11-7)10-12-9(13-16-10)6-17(2,14)15/h7-8,11H,3-6H2,1-2H3. The minimum atomic E-state index is -3.10. The summed E-state index contributed by atoms with van der Waals surface area (Å²) < 4.78 is 27.4. The molecule has 96 valence electrons. The summed E-state index contributed by atoms with van der Waals surface area (Å²) in [5, 5.41) is 7.06. The molecule has 17 heavy (non-hydrogen) atoms. The highest BCUT2D eigenvalue weighted by molar-refractivity contribution is 7.89. The van der Waals surface area contributed by atoms with E-state index < -0.39 is 9.84 Å². The first-order chi connectivity index (χ1) is 7.94. The van der Waals surface area contributed by atoms with E-state index in [1.807, 2.05) is 0 Å². The van der Waals surface area contributed by atoms with E-state index in [-0.39, 0.29) is 17.5 Å². The third kappa shape index (κ3) is 3.50. The van der Waals surface area contributed by atoms with Crippen LogP contribution < -0.4 is 5.32 Å². The first kappa shape index (κ1) is 12.5. The minimum absolute atomic E-state index is 0.156. The molecule has 1 aromatic heterocycles. The van der Waals surface area contributed by atoms with Gasteiger partial charge in [0.1, 0.15) is 5.75 Å². The number of hydrogen-bond acceptors (Lipinski definition) is 6. The number of aromatic nitrogens is 2. The number of piperidine rings is 1. The molecular weight excluding hydrogens is 242 g/mol. The van der Waals surface area contributed by atoms with Crippen molar-refractivity contribution in [3.05, 3.63) is 11.7 Å². The van der Waals surface area contributed by atoms with E-state index in [0.717, 1.165) is 25.6 Å². The number of hydrogen-bond donors (Lipinski definition) is 1. The van der Waals surface area contributed by atoms with Crippen molar-refractivity contribution < 1.29 is 12.9 Å². The molecule has 2 rings (SSSR count). The lowest BCUT2D eigenvalue weighted by atomic mass is 9.93. The Balaban J connectivity index is 2.07. The predicted molar refractivity (Wildman–Crippen MR) is 62.3 cm³/mol. The molecule has 0 spiro atoms. The number of nitrogens with one attached hydrogen (secondary N) is 1. The van der Waals surface area contributed by atoms with Crippen LogP contribution in [0.2, 0.25) is 0 Å². The second kappa shape index (κ2) is 4.73. The molecule has 0 radical (unpaired) electrons. The molecule has 1 fully saturated rings. The lowest BCUT2D eigenvalue weighted by Crippen LogP contribution is -2.34. The maximum absolute atomic E-state index is 11.1. The number of sulfone groups is 1. The molecule has 0 saturated carbocycles. The molecule has 1 aliphatic heterocycles. The van der Waals surface area contributed by atoms with Gasteiger partial charge in [0.15, 0.2) is 15.7 Å². The summed E-state index contributed by atoms with van der Waals surface area (Å²) in [6, 6.07) is 0.430. The van der Waals surface area contributed by atoms with Crippen LogP contribution in [0.15, 0.2) is 4.52 Å². The lowest BCUT2D eigenvalue weighted by Gasteiger charge is -2.25. The quantitative estimate of drug-likeness (QED) is 0.849. The van der Waals surface area contributed by atoms with Gasteiger partial charge >= 0.3 is 0 Å². The van der Waals surface area contributed by atoms with E-state index in [9.17, 15) is 8.42 Å². The fraction of sp³-hybridized carbons (Fsp3) is 0.800. The third-order valence-electron chi connectivity index (χ3n) is 2.85. The zero-order valence-corrected chi connectivity index (χ0v) is 10.8. The molecule has 1 N–H and O–H groups in total. The largest absolute Gasteiger partial charge is 0.339 e. The Morgan fingerprint density at radius 1 is 1.53 bits per heavy atom. The van der Waals surface area contributed by atoms with E-state index in [1.165, 1.54) is 0 Å². The molecule has 1 saturated heterocycles. The SMILES string of the molecule is CC1CC(c2nc(CS(C)(=O)=O)no2)CCN1. The zero-order chi connectivity index (χ0) is 12.5. The summed E-state index contributed by atoms with van der Waals surface area (Å²) in [6.45, 7) is 3.04. The Morgan fingerprint density at radius 2 is 2.29 bits per heavy atom. The Kier molecular flexibility index (Phi) is 3.48. The van der Waals surface area contributed by atoms with Gasteiger partial charge in [-0.05, 0) is 26.3 Å². The fourth-order valence-corrected chi connectivity index (χ4v) is 2.67. The van der Waals surface area contributed by atoms with Gasteiger partial charge in [0, 0.05) is 18.2 Å². The van der Waals surface area contributed by atoms with Crippen molar-refractivity contribution in [2.45, 2.75) is 37.5 Å². The van der Waals surface area contributed by atoms with Gasteiger partial charge in [0.2, 0.25) is 5.89 Å². The van der Waals surface area contributed by atoms with Crippen LogP contribution >= 0.6 is 0 Å². The van der Waals surface area contributed by atoms with Gasteiger partial charge in [0.05, 0.1) is 0 Å². The Hall–Kier alpha value is -0.950. The molecule has 0 aromatic carbocycles. The maximum atomic E-state index is 11.1.